The number of carbonyl (C=O) groups is 4. The van der Waals surface area contributed by atoms with Crippen LogP contribution in [0.4, 0.5) is 38.0 Å². The van der Waals surface area contributed by atoms with Crippen LogP contribution in [0.25, 0.3) is 0 Å². The van der Waals surface area contributed by atoms with Crippen molar-refractivity contribution in [3.05, 3.63) is 130 Å². The molecule has 4 aliphatic rings. The van der Waals surface area contributed by atoms with Crippen LogP contribution in [0.5, 0.6) is 35.0 Å². The number of imidazole rings is 2. The number of hydrogen-bond donors (Lipinski definition) is 1. The van der Waals surface area contributed by atoms with Gasteiger partial charge in [0.25, 0.3) is 23.6 Å². The average Bonchev–Trinajstić information content (AvgIpc) is 4.33. The number of imide groups is 2. The number of halogens is 8. The van der Waals surface area contributed by atoms with Crippen LogP contribution < -0.4 is 28.7 Å². The van der Waals surface area contributed by atoms with E-state index in [1.165, 1.54) is 43.2 Å². The molecule has 2 saturated heterocycles. The standard InChI is InChI=1S/C28H28ClF3N4O5.C27H26ClF3N4O5/c1-3-4-12-34-25(37)22-14-21(39-2)16-35(22)24-23(26(34)38)36(15-17-8-10-18(29)11-9-17)27(33-24)40-19-6-5-7-20(13-19)41-28(30,31)32;1-2-3-11-33-24(37)21-12-18(36)15-34(21)23-22(25(33)38)35(14-16-7-9-17(28)10-8-16)26(32-23)39-19-5-4-6-20(13-19)40-27(29,30)31/h5-11,13,21-22H,3-4,12,14-16H2,1-2H3;4-10,13,18,21,36H,2-3,11-12,14-15H2,1H3. The maximum absolute atomic E-state index is 14.0. The lowest BCUT2D eigenvalue weighted by molar-refractivity contribution is -0.275. The molecule has 4 atom stereocenters. The first kappa shape index (κ1) is 58.1. The van der Waals surface area contributed by atoms with Crippen molar-refractivity contribution >= 4 is 58.5 Å². The fourth-order valence-corrected chi connectivity index (χ4v) is 10.2. The molecule has 0 bridgehead atoms. The minimum absolute atomic E-state index is 0.0105. The highest BCUT2D eigenvalue weighted by Gasteiger charge is 2.49. The number of aromatic nitrogens is 4. The van der Waals surface area contributed by atoms with Crippen molar-refractivity contribution in [2.24, 2.45) is 0 Å². The van der Waals surface area contributed by atoms with Gasteiger partial charge < -0.3 is 38.6 Å². The predicted molar refractivity (Wildman–Crippen MR) is 282 cm³/mol. The number of aliphatic hydroxyl groups excluding tert-OH is 1. The number of carbonyl (C=O) groups excluding carboxylic acids is 4. The molecule has 1 N–H and O–H groups in total. The molecule has 6 aromatic rings. The Labute approximate surface area is 470 Å². The quantitative estimate of drug-likeness (QED) is 0.0672. The summed E-state index contributed by atoms with van der Waals surface area (Å²) >= 11 is 12.1. The molecule has 10 rings (SSSR count). The summed E-state index contributed by atoms with van der Waals surface area (Å²) in [5.41, 5.74) is 1.70. The number of amides is 4. The lowest BCUT2D eigenvalue weighted by Crippen LogP contribution is -2.46. The summed E-state index contributed by atoms with van der Waals surface area (Å²) < 4.78 is 106. The first-order valence-electron chi connectivity index (χ1n) is 25.8. The Morgan fingerprint density at radius 1 is 0.593 bits per heavy atom. The van der Waals surface area contributed by atoms with Gasteiger partial charge in [0.1, 0.15) is 35.1 Å². The topological polar surface area (TPSA) is 183 Å². The minimum Gasteiger partial charge on any atom is -0.425 e. The van der Waals surface area contributed by atoms with Crippen molar-refractivity contribution in [2.45, 2.75) is 102 Å². The number of rotatable bonds is 17. The highest BCUT2D eigenvalue weighted by molar-refractivity contribution is 6.30. The summed E-state index contributed by atoms with van der Waals surface area (Å²) in [6.07, 6.45) is -7.63. The highest BCUT2D eigenvalue weighted by Crippen LogP contribution is 2.41. The second-order valence-electron chi connectivity index (χ2n) is 19.4. The SMILES string of the molecule is CCCCN1C(=O)c2c(nc(Oc3cccc(OC(F)(F)F)c3)n2Cc2ccc(Cl)cc2)N2CC(O)CC2C1=O.CCCCN1C(=O)c2c(nc(Oc3cccc(OC(F)(F)F)c3)n2Cc2ccc(Cl)cc2)N2CC(OC)CC2C1=O. The maximum atomic E-state index is 14.0. The number of aliphatic hydroxyl groups is 1. The molecule has 4 aliphatic heterocycles. The fraction of sp³-hybridized carbons (Fsp3) is 0.382. The van der Waals surface area contributed by atoms with E-state index in [0.29, 0.717) is 35.9 Å². The third kappa shape index (κ3) is 13.3. The molecule has 4 amide bonds. The zero-order valence-corrected chi connectivity index (χ0v) is 45.3. The number of nitrogens with zero attached hydrogens (tertiary/aromatic N) is 8. The van der Waals surface area contributed by atoms with Crippen LogP contribution in [-0.4, -0.2) is 128 Å². The van der Waals surface area contributed by atoms with Crippen molar-refractivity contribution in [2.75, 3.05) is 43.1 Å². The van der Waals surface area contributed by atoms with Gasteiger partial charge in [0, 0.05) is 68.3 Å². The van der Waals surface area contributed by atoms with Gasteiger partial charge in [-0.3, -0.25) is 38.1 Å². The zero-order chi connectivity index (χ0) is 57.9. The van der Waals surface area contributed by atoms with Crippen LogP contribution >= 0.6 is 23.2 Å². The Morgan fingerprint density at radius 3 is 1.41 bits per heavy atom. The van der Waals surface area contributed by atoms with Crippen molar-refractivity contribution in [3.63, 3.8) is 0 Å². The first-order valence-corrected chi connectivity index (χ1v) is 26.6. The average molecular weight is 1170 g/mol. The van der Waals surface area contributed by atoms with Crippen molar-refractivity contribution < 1.29 is 74.3 Å². The fourth-order valence-electron chi connectivity index (χ4n) is 9.93. The number of benzene rings is 4. The monoisotopic (exact) mass is 1170 g/mol. The molecule has 2 fully saturated rings. The Kier molecular flexibility index (Phi) is 17.4. The number of anilines is 2. The normalized spacial score (nSPS) is 18.9. The maximum Gasteiger partial charge on any atom is 0.573 e. The van der Waals surface area contributed by atoms with E-state index in [9.17, 15) is 50.6 Å². The smallest absolute Gasteiger partial charge is 0.425 e. The van der Waals surface area contributed by atoms with Crippen LogP contribution in [0, 0.1) is 0 Å². The molecule has 6 heterocycles. The first-order chi connectivity index (χ1) is 38.6. The number of ether oxygens (including phenoxy) is 5. The summed E-state index contributed by atoms with van der Waals surface area (Å²) in [5.74, 6) is -2.37. The van der Waals surface area contributed by atoms with Crippen LogP contribution in [0.15, 0.2) is 97.1 Å². The van der Waals surface area contributed by atoms with Crippen molar-refractivity contribution in [1.82, 2.24) is 28.9 Å². The Balaban J connectivity index is 0.000000196. The van der Waals surface area contributed by atoms with E-state index < -0.39 is 60.1 Å². The molecule has 0 aliphatic carbocycles. The second kappa shape index (κ2) is 24.3. The van der Waals surface area contributed by atoms with Gasteiger partial charge >= 0.3 is 24.7 Å². The van der Waals surface area contributed by atoms with E-state index in [0.717, 1.165) is 48.2 Å². The van der Waals surface area contributed by atoms with Crippen molar-refractivity contribution in [1.29, 1.82) is 0 Å². The van der Waals surface area contributed by atoms with E-state index >= 15 is 0 Å². The van der Waals surface area contributed by atoms with Crippen LogP contribution in [-0.2, 0) is 27.4 Å². The summed E-state index contributed by atoms with van der Waals surface area (Å²) in [7, 11) is 1.56. The molecular weight excluding hydrogens is 1120 g/mol. The molecule has 0 saturated carbocycles. The van der Waals surface area contributed by atoms with Gasteiger partial charge in [0.05, 0.1) is 25.3 Å². The summed E-state index contributed by atoms with van der Waals surface area (Å²) in [6, 6.07) is 22.2. The zero-order valence-electron chi connectivity index (χ0n) is 43.8. The Bertz CT molecular complexity index is 3270. The molecule has 81 heavy (non-hydrogen) atoms. The Hall–Kier alpha value is -7.54. The van der Waals surface area contributed by atoms with E-state index in [2.05, 4.69) is 19.4 Å². The number of methoxy groups -OCH3 is 1. The molecule has 430 valence electrons. The molecular formula is C55H54Cl2F6N8O10. The van der Waals surface area contributed by atoms with Crippen LogP contribution in [0.2, 0.25) is 10.0 Å². The molecule has 0 spiro atoms. The third-order valence-corrected chi connectivity index (χ3v) is 14.2. The number of unbranched alkanes of at least 4 members (excludes halogenated alkanes) is 2. The molecule has 4 unspecified atom stereocenters. The lowest BCUT2D eigenvalue weighted by Gasteiger charge is -2.24. The van der Waals surface area contributed by atoms with E-state index in [1.807, 2.05) is 13.8 Å². The summed E-state index contributed by atoms with van der Waals surface area (Å²) in [5, 5.41) is 11.5. The largest absolute Gasteiger partial charge is 0.573 e. The van der Waals surface area contributed by atoms with Gasteiger partial charge in [-0.1, -0.05) is 86.3 Å². The highest BCUT2D eigenvalue weighted by atomic mass is 35.5. The second-order valence-corrected chi connectivity index (χ2v) is 20.3. The van der Waals surface area contributed by atoms with E-state index in [4.69, 9.17) is 37.4 Å². The van der Waals surface area contributed by atoms with E-state index in [-0.39, 0.29) is 97.7 Å². The lowest BCUT2D eigenvalue weighted by atomic mass is 10.1. The minimum atomic E-state index is -4.89. The molecule has 26 heteroatoms. The summed E-state index contributed by atoms with van der Waals surface area (Å²) in [4.78, 5) is 70.1. The molecule has 2 aromatic heterocycles. The molecule has 0 radical (unpaired) electrons. The van der Waals surface area contributed by atoms with E-state index in [1.54, 1.807) is 65.4 Å². The number of fused-ring (bicyclic) bond motifs is 6. The summed E-state index contributed by atoms with van der Waals surface area (Å²) in [6.45, 7) is 4.91. The van der Waals surface area contributed by atoms with Gasteiger partial charge in [0.2, 0.25) is 0 Å². The third-order valence-electron chi connectivity index (χ3n) is 13.7. The Morgan fingerprint density at radius 2 is 1.00 bits per heavy atom. The van der Waals surface area contributed by atoms with Gasteiger partial charge in [-0.2, -0.15) is 9.97 Å². The van der Waals surface area contributed by atoms with Crippen LogP contribution in [0.3, 0.4) is 0 Å². The van der Waals surface area contributed by atoms with Crippen LogP contribution in [0.1, 0.15) is 84.5 Å². The number of alkyl halides is 6. The van der Waals surface area contributed by atoms with Gasteiger partial charge in [-0.25, -0.2) is 0 Å². The van der Waals surface area contributed by atoms with Gasteiger partial charge in [-0.15, -0.1) is 26.3 Å². The van der Waals surface area contributed by atoms with Crippen molar-refractivity contribution in [3.8, 4) is 35.0 Å². The van der Waals surface area contributed by atoms with Gasteiger partial charge in [-0.05, 0) is 72.5 Å². The molecule has 4 aromatic carbocycles. The van der Waals surface area contributed by atoms with Gasteiger partial charge in [0.15, 0.2) is 23.0 Å². The number of hydrogen-bond acceptors (Lipinski definition) is 14. The molecule has 18 nitrogen and oxygen atoms in total. The predicted octanol–water partition coefficient (Wildman–Crippen LogP) is 10.6.